The third-order valence-electron chi connectivity index (χ3n) is 5.05. The summed E-state index contributed by atoms with van der Waals surface area (Å²) < 4.78 is 1.97. The zero-order valence-electron chi connectivity index (χ0n) is 17.0. The van der Waals surface area contributed by atoms with Crippen LogP contribution in [0.15, 0.2) is 91.6 Å². The van der Waals surface area contributed by atoms with Gasteiger partial charge in [0.2, 0.25) is 5.95 Å². The van der Waals surface area contributed by atoms with Gasteiger partial charge in [0.1, 0.15) is 12.1 Å². The van der Waals surface area contributed by atoms with Gasteiger partial charge < -0.3 is 10.6 Å². The Labute approximate surface area is 179 Å². The molecule has 5 rings (SSSR count). The molecule has 0 aliphatic rings. The number of nitrogens with zero attached hydrogens (tertiary/aromatic N) is 5. The zero-order chi connectivity index (χ0) is 21.0. The maximum absolute atomic E-state index is 4.72. The lowest BCUT2D eigenvalue weighted by molar-refractivity contribution is 0.854. The fraction of sp³-hybridized carbons (Fsp3) is 0.0833. The number of nitrogens with one attached hydrogen (secondary N) is 2. The molecule has 0 fully saturated rings. The Kier molecular flexibility index (Phi) is 4.98. The molecule has 3 heterocycles. The van der Waals surface area contributed by atoms with Crippen LogP contribution in [-0.4, -0.2) is 24.5 Å². The van der Waals surface area contributed by atoms with E-state index in [0.717, 1.165) is 28.2 Å². The van der Waals surface area contributed by atoms with Crippen LogP contribution in [-0.2, 0) is 0 Å². The number of benzene rings is 2. The molecule has 0 saturated heterocycles. The Morgan fingerprint density at radius 2 is 1.68 bits per heavy atom. The van der Waals surface area contributed by atoms with Crippen LogP contribution in [0.4, 0.5) is 17.3 Å². The highest BCUT2D eigenvalue weighted by Crippen LogP contribution is 2.24. The second kappa shape index (κ2) is 8.23. The maximum atomic E-state index is 4.72. The minimum atomic E-state index is 0.0900. The molecule has 0 aliphatic carbocycles. The van der Waals surface area contributed by atoms with E-state index < -0.39 is 0 Å². The standard InChI is InChI=1S/C24H21N7/c1-17(18-5-3-2-4-6-18)28-24-26-14-11-23(30-24)31-16-27-21-8-7-20(15-22(21)31)29-19-9-12-25-13-10-19/h2-17H,1H3,(H,25,29)(H,26,28,30)/t17-/m0/s1. The molecule has 31 heavy (non-hydrogen) atoms. The first-order valence-electron chi connectivity index (χ1n) is 10.1. The number of imidazole rings is 1. The van der Waals surface area contributed by atoms with Crippen LogP contribution in [0.5, 0.6) is 0 Å². The predicted octanol–water partition coefficient (Wildman–Crippen LogP) is 5.13. The summed E-state index contributed by atoms with van der Waals surface area (Å²) in [6.45, 7) is 2.09. The average Bonchev–Trinajstić information content (AvgIpc) is 3.24. The number of hydrogen-bond donors (Lipinski definition) is 2. The molecule has 1 atom stereocenters. The highest BCUT2D eigenvalue weighted by Gasteiger charge is 2.10. The van der Waals surface area contributed by atoms with Crippen LogP contribution < -0.4 is 10.6 Å². The van der Waals surface area contributed by atoms with Crippen molar-refractivity contribution >= 4 is 28.4 Å². The molecule has 0 radical (unpaired) electrons. The Morgan fingerprint density at radius 3 is 2.52 bits per heavy atom. The molecular formula is C24H21N7. The van der Waals surface area contributed by atoms with Gasteiger partial charge in [-0.25, -0.2) is 9.97 Å². The second-order valence-electron chi connectivity index (χ2n) is 7.19. The van der Waals surface area contributed by atoms with Crippen molar-refractivity contribution in [3.8, 4) is 5.82 Å². The number of anilines is 3. The third kappa shape index (κ3) is 4.06. The molecule has 0 unspecified atom stereocenters. The summed E-state index contributed by atoms with van der Waals surface area (Å²) >= 11 is 0. The van der Waals surface area contributed by atoms with Crippen molar-refractivity contribution in [1.82, 2.24) is 24.5 Å². The van der Waals surface area contributed by atoms with Crippen LogP contribution in [0.2, 0.25) is 0 Å². The van der Waals surface area contributed by atoms with Crippen molar-refractivity contribution in [2.24, 2.45) is 0 Å². The van der Waals surface area contributed by atoms with Gasteiger partial charge in [-0.05, 0) is 48.9 Å². The number of hydrogen-bond acceptors (Lipinski definition) is 6. The minimum Gasteiger partial charge on any atom is -0.355 e. The summed E-state index contributed by atoms with van der Waals surface area (Å²) in [5.74, 6) is 1.32. The smallest absolute Gasteiger partial charge is 0.225 e. The lowest BCUT2D eigenvalue weighted by Gasteiger charge is -2.14. The van der Waals surface area contributed by atoms with Gasteiger partial charge in [0.25, 0.3) is 0 Å². The molecule has 0 bridgehead atoms. The molecule has 0 spiro atoms. The van der Waals surface area contributed by atoms with E-state index in [0.29, 0.717) is 5.95 Å². The Morgan fingerprint density at radius 1 is 0.839 bits per heavy atom. The van der Waals surface area contributed by atoms with Crippen molar-refractivity contribution in [2.45, 2.75) is 13.0 Å². The Balaban J connectivity index is 1.44. The van der Waals surface area contributed by atoms with Crippen molar-refractivity contribution in [1.29, 1.82) is 0 Å². The molecule has 0 amide bonds. The lowest BCUT2D eigenvalue weighted by Crippen LogP contribution is -2.10. The largest absolute Gasteiger partial charge is 0.355 e. The van der Waals surface area contributed by atoms with Gasteiger partial charge in [-0.15, -0.1) is 0 Å². The van der Waals surface area contributed by atoms with Crippen molar-refractivity contribution in [2.75, 3.05) is 10.6 Å². The first-order valence-corrected chi connectivity index (χ1v) is 10.1. The van der Waals surface area contributed by atoms with Gasteiger partial charge >= 0.3 is 0 Å². The molecule has 7 nitrogen and oxygen atoms in total. The highest BCUT2D eigenvalue weighted by molar-refractivity contribution is 5.82. The molecule has 0 saturated carbocycles. The normalized spacial score (nSPS) is 11.9. The van der Waals surface area contributed by atoms with E-state index in [9.17, 15) is 0 Å². The summed E-state index contributed by atoms with van der Waals surface area (Å²) in [6.07, 6.45) is 7.06. The fourth-order valence-electron chi connectivity index (χ4n) is 3.44. The van der Waals surface area contributed by atoms with Gasteiger partial charge in [-0.2, -0.15) is 4.98 Å². The van der Waals surface area contributed by atoms with E-state index in [1.807, 2.05) is 53.1 Å². The molecule has 0 aliphatic heterocycles. The van der Waals surface area contributed by atoms with Crippen molar-refractivity contribution in [3.63, 3.8) is 0 Å². The summed E-state index contributed by atoms with van der Waals surface area (Å²) in [6, 6.07) is 22.1. The molecule has 7 heteroatoms. The lowest BCUT2D eigenvalue weighted by atomic mass is 10.1. The van der Waals surface area contributed by atoms with Crippen LogP contribution in [0.1, 0.15) is 18.5 Å². The van der Waals surface area contributed by atoms with E-state index in [-0.39, 0.29) is 6.04 Å². The molecule has 152 valence electrons. The van der Waals surface area contributed by atoms with Gasteiger partial charge in [0.05, 0.1) is 17.1 Å². The summed E-state index contributed by atoms with van der Waals surface area (Å²) in [5, 5.41) is 6.77. The van der Waals surface area contributed by atoms with Gasteiger partial charge in [-0.1, -0.05) is 30.3 Å². The van der Waals surface area contributed by atoms with E-state index in [4.69, 9.17) is 4.98 Å². The van der Waals surface area contributed by atoms with E-state index in [1.165, 1.54) is 5.56 Å². The zero-order valence-corrected chi connectivity index (χ0v) is 17.0. The first kappa shape index (κ1) is 18.7. The molecular weight excluding hydrogens is 386 g/mol. The fourth-order valence-corrected chi connectivity index (χ4v) is 3.44. The molecule has 3 aromatic heterocycles. The molecule has 5 aromatic rings. The van der Waals surface area contributed by atoms with Gasteiger partial charge in [0, 0.05) is 30.0 Å². The summed E-state index contributed by atoms with van der Waals surface area (Å²) in [5.41, 5.74) is 4.97. The maximum Gasteiger partial charge on any atom is 0.225 e. The third-order valence-corrected chi connectivity index (χ3v) is 5.05. The average molecular weight is 407 g/mol. The molecule has 2 N–H and O–H groups in total. The van der Waals surface area contributed by atoms with Crippen LogP contribution in [0.3, 0.4) is 0 Å². The highest BCUT2D eigenvalue weighted by atomic mass is 15.2. The Bertz CT molecular complexity index is 1300. The minimum absolute atomic E-state index is 0.0900. The van der Waals surface area contributed by atoms with E-state index >= 15 is 0 Å². The topological polar surface area (TPSA) is 80.5 Å². The number of aromatic nitrogens is 5. The number of fused-ring (bicyclic) bond motifs is 1. The van der Waals surface area contributed by atoms with Gasteiger partial charge in [-0.3, -0.25) is 9.55 Å². The summed E-state index contributed by atoms with van der Waals surface area (Å²) in [4.78, 5) is 17.7. The van der Waals surface area contributed by atoms with Crippen molar-refractivity contribution < 1.29 is 0 Å². The van der Waals surface area contributed by atoms with E-state index in [2.05, 4.69) is 50.7 Å². The van der Waals surface area contributed by atoms with Crippen LogP contribution in [0, 0.1) is 0 Å². The van der Waals surface area contributed by atoms with Gasteiger partial charge in [0.15, 0.2) is 0 Å². The first-order chi connectivity index (χ1) is 15.3. The monoisotopic (exact) mass is 407 g/mol. The second-order valence-corrected chi connectivity index (χ2v) is 7.19. The van der Waals surface area contributed by atoms with Crippen LogP contribution >= 0.6 is 0 Å². The van der Waals surface area contributed by atoms with Crippen LogP contribution in [0.25, 0.3) is 16.9 Å². The number of pyridine rings is 1. The SMILES string of the molecule is C[C@H](Nc1nccc(-n2cnc3ccc(Nc4ccncc4)cc32)n1)c1ccccc1. The predicted molar refractivity (Wildman–Crippen MR) is 123 cm³/mol. The summed E-state index contributed by atoms with van der Waals surface area (Å²) in [7, 11) is 0. The quantitative estimate of drug-likeness (QED) is 0.406. The Hall–Kier alpha value is -4.26. The van der Waals surface area contributed by atoms with E-state index in [1.54, 1.807) is 24.9 Å². The number of rotatable bonds is 6. The molecule has 2 aromatic carbocycles. The van der Waals surface area contributed by atoms with Crippen molar-refractivity contribution in [3.05, 3.63) is 97.2 Å².